The van der Waals surface area contributed by atoms with E-state index in [1.54, 1.807) is 36.9 Å². The molecule has 0 aliphatic heterocycles. The third-order valence-corrected chi connectivity index (χ3v) is 4.70. The van der Waals surface area contributed by atoms with Gasteiger partial charge in [0, 0.05) is 30.4 Å². The summed E-state index contributed by atoms with van der Waals surface area (Å²) >= 11 is 0. The number of aromatic nitrogens is 4. The number of para-hydroxylation sites is 1. The number of halogens is 1. The van der Waals surface area contributed by atoms with Crippen LogP contribution in [0, 0.1) is 12.7 Å². The highest BCUT2D eigenvalue weighted by Crippen LogP contribution is 2.26. The average Bonchev–Trinajstić information content (AvgIpc) is 3.40. The topological polar surface area (TPSA) is 87.2 Å². The molecular weight excluding hydrogens is 401 g/mol. The predicted octanol–water partition coefficient (Wildman–Crippen LogP) is 3.55. The van der Waals surface area contributed by atoms with Crippen molar-refractivity contribution in [1.82, 2.24) is 25.4 Å². The van der Waals surface area contributed by atoms with Gasteiger partial charge in [-0.2, -0.15) is 5.10 Å². The zero-order valence-electron chi connectivity index (χ0n) is 17.2. The summed E-state index contributed by atoms with van der Waals surface area (Å²) in [4.78, 5) is 0. The SMILES string of the molecule is COc1ccc(-c2nn(-c3ccccc3F)cc2CNCCOc2nonc2C)cc1. The Kier molecular flexibility index (Phi) is 6.23. The van der Waals surface area contributed by atoms with E-state index in [0.717, 1.165) is 22.6 Å². The summed E-state index contributed by atoms with van der Waals surface area (Å²) in [7, 11) is 1.62. The molecule has 0 saturated carbocycles. The van der Waals surface area contributed by atoms with Gasteiger partial charge in [-0.25, -0.2) is 13.7 Å². The Bertz CT molecular complexity index is 1140. The van der Waals surface area contributed by atoms with E-state index in [9.17, 15) is 4.39 Å². The van der Waals surface area contributed by atoms with Gasteiger partial charge in [-0.3, -0.25) is 0 Å². The molecule has 31 heavy (non-hydrogen) atoms. The molecule has 4 aromatic rings. The van der Waals surface area contributed by atoms with Crippen molar-refractivity contribution in [2.75, 3.05) is 20.3 Å². The Morgan fingerprint density at radius 2 is 1.90 bits per heavy atom. The van der Waals surface area contributed by atoms with E-state index in [1.807, 2.05) is 30.5 Å². The van der Waals surface area contributed by atoms with Crippen LogP contribution in [0.15, 0.2) is 59.4 Å². The van der Waals surface area contributed by atoms with Gasteiger partial charge in [-0.05, 0) is 48.5 Å². The zero-order chi connectivity index (χ0) is 21.6. The summed E-state index contributed by atoms with van der Waals surface area (Å²) in [6.45, 7) is 3.25. The van der Waals surface area contributed by atoms with Gasteiger partial charge in [-0.15, -0.1) is 0 Å². The van der Waals surface area contributed by atoms with Crippen LogP contribution < -0.4 is 14.8 Å². The third kappa shape index (κ3) is 4.72. The van der Waals surface area contributed by atoms with E-state index >= 15 is 0 Å². The first-order valence-corrected chi connectivity index (χ1v) is 9.76. The van der Waals surface area contributed by atoms with Crippen molar-refractivity contribution in [3.05, 3.63) is 71.8 Å². The number of hydrogen-bond donors (Lipinski definition) is 1. The smallest absolute Gasteiger partial charge is 0.278 e. The number of aryl methyl sites for hydroxylation is 1. The molecule has 0 spiro atoms. The van der Waals surface area contributed by atoms with Crippen LogP contribution in [-0.4, -0.2) is 40.4 Å². The highest BCUT2D eigenvalue weighted by atomic mass is 19.1. The normalized spacial score (nSPS) is 10.9. The lowest BCUT2D eigenvalue weighted by atomic mass is 10.1. The highest BCUT2D eigenvalue weighted by Gasteiger charge is 2.14. The number of nitrogens with one attached hydrogen (secondary N) is 1. The second kappa shape index (κ2) is 9.40. The van der Waals surface area contributed by atoms with Crippen LogP contribution in [0.4, 0.5) is 4.39 Å². The molecule has 2 aromatic carbocycles. The Balaban J connectivity index is 1.51. The molecule has 4 rings (SSSR count). The predicted molar refractivity (Wildman–Crippen MR) is 112 cm³/mol. The molecule has 0 aliphatic rings. The van der Waals surface area contributed by atoms with Crippen LogP contribution in [0.25, 0.3) is 16.9 Å². The molecule has 0 aliphatic carbocycles. The molecule has 0 bridgehead atoms. The minimum atomic E-state index is -0.337. The molecule has 0 atom stereocenters. The van der Waals surface area contributed by atoms with Crippen molar-refractivity contribution >= 4 is 0 Å². The van der Waals surface area contributed by atoms with Crippen molar-refractivity contribution in [3.63, 3.8) is 0 Å². The molecule has 9 heteroatoms. The van der Waals surface area contributed by atoms with E-state index in [2.05, 4.69) is 25.4 Å². The number of methoxy groups -OCH3 is 1. The van der Waals surface area contributed by atoms with Crippen LogP contribution in [0.3, 0.4) is 0 Å². The number of hydrogen-bond acceptors (Lipinski definition) is 7. The number of nitrogens with zero attached hydrogens (tertiary/aromatic N) is 4. The maximum Gasteiger partial charge on any atom is 0.278 e. The largest absolute Gasteiger partial charge is 0.497 e. The van der Waals surface area contributed by atoms with Crippen LogP contribution >= 0.6 is 0 Å². The first-order chi connectivity index (χ1) is 15.2. The molecule has 2 aromatic heterocycles. The third-order valence-electron chi connectivity index (χ3n) is 4.70. The maximum absolute atomic E-state index is 14.3. The van der Waals surface area contributed by atoms with Crippen molar-refractivity contribution in [1.29, 1.82) is 0 Å². The average molecular weight is 423 g/mol. The Labute approximate surface area is 178 Å². The first-order valence-electron chi connectivity index (χ1n) is 9.76. The molecular formula is C22H22FN5O3. The monoisotopic (exact) mass is 423 g/mol. The Morgan fingerprint density at radius 3 is 2.61 bits per heavy atom. The molecule has 0 amide bonds. The summed E-state index contributed by atoms with van der Waals surface area (Å²) in [5, 5.41) is 15.3. The van der Waals surface area contributed by atoms with Crippen molar-refractivity contribution in [3.8, 4) is 28.6 Å². The minimum Gasteiger partial charge on any atom is -0.497 e. The van der Waals surface area contributed by atoms with Crippen LogP contribution in [0.2, 0.25) is 0 Å². The standard InChI is InChI=1S/C22H22FN5O3/c1-15-22(27-31-26-15)30-12-11-24-13-17-14-28(20-6-4-3-5-19(20)23)25-21(17)16-7-9-18(29-2)10-8-16/h3-10,14,24H,11-13H2,1-2H3. The lowest BCUT2D eigenvalue weighted by Crippen LogP contribution is -2.21. The summed E-state index contributed by atoms with van der Waals surface area (Å²) < 4.78 is 31.3. The molecule has 0 saturated heterocycles. The number of benzene rings is 2. The fourth-order valence-electron chi connectivity index (χ4n) is 3.09. The van der Waals surface area contributed by atoms with Gasteiger partial charge in [0.1, 0.15) is 29.6 Å². The van der Waals surface area contributed by atoms with E-state index < -0.39 is 0 Å². The molecule has 160 valence electrons. The van der Waals surface area contributed by atoms with Gasteiger partial charge in [0.25, 0.3) is 5.88 Å². The van der Waals surface area contributed by atoms with E-state index in [4.69, 9.17) is 9.47 Å². The summed E-state index contributed by atoms with van der Waals surface area (Å²) in [5.41, 5.74) is 3.59. The second-order valence-electron chi connectivity index (χ2n) is 6.81. The summed E-state index contributed by atoms with van der Waals surface area (Å²) in [6.07, 6.45) is 1.83. The quantitative estimate of drug-likeness (QED) is 0.412. The van der Waals surface area contributed by atoms with Crippen LogP contribution in [0.5, 0.6) is 11.6 Å². The van der Waals surface area contributed by atoms with Crippen molar-refractivity contribution < 1.29 is 18.5 Å². The molecule has 1 N–H and O–H groups in total. The molecule has 8 nitrogen and oxygen atoms in total. The van der Waals surface area contributed by atoms with Crippen LogP contribution in [0.1, 0.15) is 11.3 Å². The van der Waals surface area contributed by atoms with Gasteiger partial charge in [0.05, 0.1) is 12.8 Å². The lowest BCUT2D eigenvalue weighted by Gasteiger charge is -2.06. The molecule has 2 heterocycles. The summed E-state index contributed by atoms with van der Waals surface area (Å²) in [6, 6.07) is 14.1. The fourth-order valence-corrected chi connectivity index (χ4v) is 3.09. The van der Waals surface area contributed by atoms with Gasteiger partial charge in [0.2, 0.25) is 0 Å². The number of ether oxygens (including phenoxy) is 2. The lowest BCUT2D eigenvalue weighted by molar-refractivity contribution is 0.255. The summed E-state index contributed by atoms with van der Waals surface area (Å²) in [5.74, 6) is 0.802. The molecule has 0 unspecified atom stereocenters. The van der Waals surface area contributed by atoms with Crippen LogP contribution in [-0.2, 0) is 6.54 Å². The molecule has 0 radical (unpaired) electrons. The van der Waals surface area contributed by atoms with Crippen molar-refractivity contribution in [2.24, 2.45) is 0 Å². The highest BCUT2D eigenvalue weighted by molar-refractivity contribution is 5.64. The fraction of sp³-hybridized carbons (Fsp3) is 0.227. The second-order valence-corrected chi connectivity index (χ2v) is 6.81. The van der Waals surface area contributed by atoms with Crippen molar-refractivity contribution in [2.45, 2.75) is 13.5 Å². The van der Waals surface area contributed by atoms with Gasteiger partial charge < -0.3 is 14.8 Å². The van der Waals surface area contributed by atoms with Gasteiger partial charge in [-0.1, -0.05) is 17.3 Å². The first kappa shape index (κ1) is 20.5. The van der Waals surface area contributed by atoms with E-state index in [1.165, 1.54) is 6.07 Å². The Morgan fingerprint density at radius 1 is 1.10 bits per heavy atom. The van der Waals surface area contributed by atoms with E-state index in [-0.39, 0.29) is 5.82 Å². The van der Waals surface area contributed by atoms with E-state index in [0.29, 0.717) is 37.0 Å². The van der Waals surface area contributed by atoms with Gasteiger partial charge >= 0.3 is 0 Å². The minimum absolute atomic E-state index is 0.337. The number of rotatable bonds is 9. The van der Waals surface area contributed by atoms with Gasteiger partial charge in [0.15, 0.2) is 0 Å². The zero-order valence-corrected chi connectivity index (χ0v) is 17.2. The molecule has 0 fully saturated rings. The maximum atomic E-state index is 14.3. The Hall–Kier alpha value is -3.72.